The van der Waals surface area contributed by atoms with Crippen LogP contribution in [0.4, 0.5) is 0 Å². The molecule has 1 aromatic heterocycles. The molecular formula is C20H15ClN2OS. The van der Waals surface area contributed by atoms with Crippen molar-refractivity contribution < 1.29 is 4.21 Å². The summed E-state index contributed by atoms with van der Waals surface area (Å²) in [4.78, 5) is 4.81. The first-order valence-corrected chi connectivity index (χ1v) is 9.84. The lowest BCUT2D eigenvalue weighted by Crippen LogP contribution is -2.10. The van der Waals surface area contributed by atoms with Crippen LogP contribution in [0.15, 0.2) is 60.7 Å². The van der Waals surface area contributed by atoms with Crippen molar-refractivity contribution in [1.82, 2.24) is 8.96 Å². The van der Waals surface area contributed by atoms with Gasteiger partial charge in [0.05, 0.1) is 16.3 Å². The summed E-state index contributed by atoms with van der Waals surface area (Å²) in [5, 5.41) is 3.12. The molecule has 1 aliphatic carbocycles. The van der Waals surface area contributed by atoms with E-state index in [-0.39, 0.29) is 5.25 Å². The van der Waals surface area contributed by atoms with Crippen LogP contribution in [0, 0.1) is 0 Å². The smallest absolute Gasteiger partial charge is 0.153 e. The Labute approximate surface area is 152 Å². The van der Waals surface area contributed by atoms with Crippen LogP contribution < -0.4 is 0 Å². The van der Waals surface area contributed by atoms with E-state index >= 15 is 0 Å². The van der Waals surface area contributed by atoms with E-state index < -0.39 is 11.0 Å². The van der Waals surface area contributed by atoms with E-state index in [1.165, 1.54) is 0 Å². The maximum absolute atomic E-state index is 13.1. The molecule has 1 atom stereocenters. The van der Waals surface area contributed by atoms with Gasteiger partial charge in [-0.05, 0) is 41.8 Å². The van der Waals surface area contributed by atoms with Crippen molar-refractivity contribution in [3.8, 4) is 11.4 Å². The highest BCUT2D eigenvalue weighted by Crippen LogP contribution is 2.36. The summed E-state index contributed by atoms with van der Waals surface area (Å²) in [5.41, 5.74) is 2.65. The van der Waals surface area contributed by atoms with Gasteiger partial charge in [-0.1, -0.05) is 54.1 Å². The van der Waals surface area contributed by atoms with E-state index in [4.69, 9.17) is 16.6 Å². The average molecular weight is 367 g/mol. The lowest BCUT2D eigenvalue weighted by atomic mass is 10.0. The maximum Gasteiger partial charge on any atom is 0.153 e. The van der Waals surface area contributed by atoms with Crippen molar-refractivity contribution in [3.05, 3.63) is 65.7 Å². The quantitative estimate of drug-likeness (QED) is 0.500. The minimum absolute atomic E-state index is 0.224. The van der Waals surface area contributed by atoms with Gasteiger partial charge in [-0.15, -0.1) is 0 Å². The third kappa shape index (κ3) is 2.48. The van der Waals surface area contributed by atoms with Gasteiger partial charge in [-0.2, -0.15) is 0 Å². The van der Waals surface area contributed by atoms with Gasteiger partial charge in [-0.25, -0.2) is 13.2 Å². The Morgan fingerprint density at radius 2 is 1.84 bits per heavy atom. The number of benzene rings is 3. The molecule has 0 spiro atoms. The molecule has 4 aromatic rings. The Morgan fingerprint density at radius 1 is 1.04 bits per heavy atom. The first kappa shape index (κ1) is 15.1. The van der Waals surface area contributed by atoms with Crippen molar-refractivity contribution >= 4 is 44.4 Å². The zero-order chi connectivity index (χ0) is 17.0. The minimum atomic E-state index is -1.12. The Hall–Kier alpha value is -2.17. The first-order chi connectivity index (χ1) is 12.2. The van der Waals surface area contributed by atoms with Gasteiger partial charge in [0, 0.05) is 10.6 Å². The van der Waals surface area contributed by atoms with Gasteiger partial charge >= 0.3 is 0 Å². The van der Waals surface area contributed by atoms with Crippen molar-refractivity contribution in [3.63, 3.8) is 0 Å². The summed E-state index contributed by atoms with van der Waals surface area (Å²) >= 11 is 6.15. The zero-order valence-electron chi connectivity index (χ0n) is 13.4. The van der Waals surface area contributed by atoms with E-state index in [0.29, 0.717) is 5.02 Å². The molecule has 3 nitrogen and oxygen atoms in total. The normalized spacial score (nSPS) is 15.7. The lowest BCUT2D eigenvalue weighted by Gasteiger charge is -2.10. The zero-order valence-corrected chi connectivity index (χ0v) is 14.9. The van der Waals surface area contributed by atoms with E-state index in [2.05, 4.69) is 18.2 Å². The van der Waals surface area contributed by atoms with E-state index in [0.717, 1.165) is 46.0 Å². The summed E-state index contributed by atoms with van der Waals surface area (Å²) in [6.07, 6.45) is 2.02. The van der Waals surface area contributed by atoms with Gasteiger partial charge in [0.1, 0.15) is 11.0 Å². The van der Waals surface area contributed by atoms with Crippen LogP contribution in [0.3, 0.4) is 0 Å². The molecule has 1 fully saturated rings. The number of nitrogens with zero attached hydrogens (tertiary/aromatic N) is 2. The molecular weight excluding hydrogens is 352 g/mol. The SMILES string of the molecule is O=S(C1CC1)n1c(-c2cccc3ccccc23)nc2cc(Cl)ccc21. The highest BCUT2D eigenvalue weighted by Gasteiger charge is 2.32. The van der Waals surface area contributed by atoms with Crippen LogP contribution >= 0.6 is 11.6 Å². The number of imidazole rings is 1. The number of hydrogen-bond acceptors (Lipinski definition) is 2. The largest absolute Gasteiger partial charge is 0.240 e. The molecule has 0 bridgehead atoms. The van der Waals surface area contributed by atoms with Crippen LogP contribution in [-0.4, -0.2) is 18.4 Å². The molecule has 1 unspecified atom stereocenters. The minimum Gasteiger partial charge on any atom is -0.240 e. The molecule has 124 valence electrons. The Bertz CT molecular complexity index is 1140. The summed E-state index contributed by atoms with van der Waals surface area (Å²) in [6.45, 7) is 0. The molecule has 0 amide bonds. The van der Waals surface area contributed by atoms with Crippen molar-refractivity contribution in [2.24, 2.45) is 0 Å². The molecule has 0 N–H and O–H groups in total. The maximum atomic E-state index is 13.1. The van der Waals surface area contributed by atoms with Crippen molar-refractivity contribution in [2.75, 3.05) is 0 Å². The molecule has 3 aromatic carbocycles. The molecule has 1 saturated carbocycles. The van der Waals surface area contributed by atoms with Crippen LogP contribution in [0.1, 0.15) is 12.8 Å². The molecule has 0 saturated heterocycles. The third-order valence-electron chi connectivity index (χ3n) is 4.59. The first-order valence-electron chi connectivity index (χ1n) is 8.29. The highest BCUT2D eigenvalue weighted by atomic mass is 35.5. The van der Waals surface area contributed by atoms with Crippen LogP contribution in [0.2, 0.25) is 5.02 Å². The van der Waals surface area contributed by atoms with E-state index in [1.54, 1.807) is 0 Å². The Balaban J connectivity index is 1.85. The fourth-order valence-electron chi connectivity index (χ4n) is 3.22. The molecule has 5 heteroatoms. The number of fused-ring (bicyclic) bond motifs is 2. The summed E-state index contributed by atoms with van der Waals surface area (Å²) in [6, 6.07) is 20.0. The fraction of sp³-hybridized carbons (Fsp3) is 0.150. The summed E-state index contributed by atoms with van der Waals surface area (Å²) in [5.74, 6) is 0.749. The number of halogens is 1. The van der Waals surface area contributed by atoms with E-state index in [1.807, 2.05) is 46.4 Å². The van der Waals surface area contributed by atoms with Gasteiger partial charge in [0.25, 0.3) is 0 Å². The monoisotopic (exact) mass is 366 g/mol. The summed E-state index contributed by atoms with van der Waals surface area (Å²) < 4.78 is 15.0. The average Bonchev–Trinajstić information content (AvgIpc) is 3.41. The Kier molecular flexibility index (Phi) is 3.43. The van der Waals surface area contributed by atoms with Gasteiger partial charge in [0.2, 0.25) is 0 Å². The van der Waals surface area contributed by atoms with Crippen molar-refractivity contribution in [2.45, 2.75) is 18.1 Å². The molecule has 0 radical (unpaired) electrons. The topological polar surface area (TPSA) is 34.9 Å². The molecule has 25 heavy (non-hydrogen) atoms. The second-order valence-electron chi connectivity index (χ2n) is 6.37. The molecule has 0 aliphatic heterocycles. The lowest BCUT2D eigenvalue weighted by molar-refractivity contribution is 0.678. The van der Waals surface area contributed by atoms with Crippen LogP contribution in [0.25, 0.3) is 33.2 Å². The molecule has 1 aliphatic rings. The van der Waals surface area contributed by atoms with Gasteiger partial charge in [-0.3, -0.25) is 0 Å². The number of hydrogen-bond donors (Lipinski definition) is 0. The predicted molar refractivity (Wildman–Crippen MR) is 104 cm³/mol. The van der Waals surface area contributed by atoms with Gasteiger partial charge < -0.3 is 0 Å². The van der Waals surface area contributed by atoms with Crippen LogP contribution in [-0.2, 0) is 11.0 Å². The van der Waals surface area contributed by atoms with Gasteiger partial charge in [0.15, 0.2) is 5.82 Å². The highest BCUT2D eigenvalue weighted by molar-refractivity contribution is 7.84. The standard InChI is InChI=1S/C20H15ClN2OS/c21-14-8-11-19-18(12-14)22-20(23(19)25(24)15-9-10-15)17-7-3-5-13-4-1-2-6-16(13)17/h1-8,11-12,15H,9-10H2. The molecule has 5 rings (SSSR count). The number of aromatic nitrogens is 2. The predicted octanol–water partition coefficient (Wildman–Crippen LogP) is 5.18. The second-order valence-corrected chi connectivity index (χ2v) is 8.39. The number of rotatable bonds is 3. The van der Waals surface area contributed by atoms with Crippen molar-refractivity contribution in [1.29, 1.82) is 0 Å². The third-order valence-corrected chi connectivity index (χ3v) is 6.60. The molecule has 1 heterocycles. The fourth-order valence-corrected chi connectivity index (χ4v) is 4.88. The second kappa shape index (κ2) is 5.68. The Morgan fingerprint density at radius 3 is 2.68 bits per heavy atom. The van der Waals surface area contributed by atoms with Crippen LogP contribution in [0.5, 0.6) is 0 Å². The van der Waals surface area contributed by atoms with E-state index in [9.17, 15) is 4.21 Å². The summed E-state index contributed by atoms with van der Waals surface area (Å²) in [7, 11) is -1.12.